The van der Waals surface area contributed by atoms with Gasteiger partial charge in [0, 0.05) is 6.54 Å². The summed E-state index contributed by atoms with van der Waals surface area (Å²) in [5.41, 5.74) is 0.386. The number of benzene rings is 1. The van der Waals surface area contributed by atoms with Crippen molar-refractivity contribution in [2.24, 2.45) is 0 Å². The first-order valence-electron chi connectivity index (χ1n) is 7.77. The summed E-state index contributed by atoms with van der Waals surface area (Å²) in [4.78, 5) is 11.9. The van der Waals surface area contributed by atoms with Gasteiger partial charge in [-0.15, -0.1) is 10.2 Å². The summed E-state index contributed by atoms with van der Waals surface area (Å²) in [6.45, 7) is 8.26. The molecular weight excluding hydrogens is 326 g/mol. The molecule has 0 fully saturated rings. The van der Waals surface area contributed by atoms with Gasteiger partial charge in [-0.05, 0) is 39.8 Å². The smallest absolute Gasteiger partial charge is 0.316 e. The number of hydrogen-bond acceptors (Lipinski definition) is 6. The molecule has 2 aromatic rings. The lowest BCUT2D eigenvalue weighted by Crippen LogP contribution is -2.25. The van der Waals surface area contributed by atoms with Gasteiger partial charge in [-0.25, -0.2) is 0 Å². The van der Waals surface area contributed by atoms with Crippen molar-refractivity contribution in [3.05, 3.63) is 24.3 Å². The minimum Gasteiger partial charge on any atom is -0.496 e. The molecule has 0 N–H and O–H groups in total. The van der Waals surface area contributed by atoms with Crippen LogP contribution in [-0.2, 0) is 16.1 Å². The van der Waals surface area contributed by atoms with Gasteiger partial charge in [-0.2, -0.15) is 0 Å². The molecule has 0 aliphatic heterocycles. The Kier molecular flexibility index (Phi) is 5.88. The van der Waals surface area contributed by atoms with Crippen LogP contribution in [0.25, 0.3) is 11.4 Å². The van der Waals surface area contributed by atoms with Gasteiger partial charge in [-0.3, -0.25) is 4.79 Å². The van der Waals surface area contributed by atoms with E-state index in [0.717, 1.165) is 17.1 Å². The van der Waals surface area contributed by atoms with Crippen molar-refractivity contribution in [3.63, 3.8) is 0 Å². The minimum absolute atomic E-state index is 0.196. The Bertz CT molecular complexity index is 707. The number of thioether (sulfide) groups is 1. The Balaban J connectivity index is 2.19. The number of esters is 1. The van der Waals surface area contributed by atoms with Crippen LogP contribution in [0.2, 0.25) is 0 Å². The predicted molar refractivity (Wildman–Crippen MR) is 94.3 cm³/mol. The number of aromatic nitrogens is 3. The van der Waals surface area contributed by atoms with Crippen molar-refractivity contribution >= 4 is 17.7 Å². The SMILES string of the molecule is CCn1c(SCC(=O)OC(C)(C)C)nnc1-c1ccccc1OC. The fraction of sp³-hybridized carbons (Fsp3) is 0.471. The maximum absolute atomic E-state index is 11.9. The summed E-state index contributed by atoms with van der Waals surface area (Å²) < 4.78 is 12.7. The first-order valence-corrected chi connectivity index (χ1v) is 8.75. The zero-order valence-electron chi connectivity index (χ0n) is 14.7. The highest BCUT2D eigenvalue weighted by Crippen LogP contribution is 2.30. The number of carbonyl (C=O) groups excluding carboxylic acids is 1. The van der Waals surface area contributed by atoms with Gasteiger partial charge in [0.15, 0.2) is 11.0 Å². The van der Waals surface area contributed by atoms with Crippen molar-refractivity contribution in [2.45, 2.75) is 45.0 Å². The summed E-state index contributed by atoms with van der Waals surface area (Å²) in [7, 11) is 1.63. The van der Waals surface area contributed by atoms with Crippen LogP contribution < -0.4 is 4.74 Å². The predicted octanol–water partition coefficient (Wildman–Crippen LogP) is 3.41. The molecule has 6 nitrogen and oxygen atoms in total. The number of methoxy groups -OCH3 is 1. The Morgan fingerprint density at radius 3 is 2.58 bits per heavy atom. The van der Waals surface area contributed by atoms with Gasteiger partial charge in [0.2, 0.25) is 0 Å². The summed E-state index contributed by atoms with van der Waals surface area (Å²) in [5.74, 6) is 1.39. The van der Waals surface area contributed by atoms with E-state index in [0.29, 0.717) is 11.7 Å². The van der Waals surface area contributed by atoms with Crippen LogP contribution in [0.3, 0.4) is 0 Å². The molecule has 130 valence electrons. The third kappa shape index (κ3) is 4.50. The molecule has 1 heterocycles. The molecule has 0 saturated carbocycles. The maximum Gasteiger partial charge on any atom is 0.316 e. The summed E-state index contributed by atoms with van der Waals surface area (Å²) in [5, 5.41) is 9.18. The highest BCUT2D eigenvalue weighted by Gasteiger charge is 2.20. The normalized spacial score (nSPS) is 11.4. The standard InChI is InChI=1S/C17H23N3O3S/c1-6-20-15(12-9-7-8-10-13(12)22-5)18-19-16(20)24-11-14(21)23-17(2,3)4/h7-10H,6,11H2,1-5H3. The second-order valence-corrected chi connectivity index (χ2v) is 7.07. The summed E-state index contributed by atoms with van der Waals surface area (Å²) in [6, 6.07) is 7.67. The minimum atomic E-state index is -0.487. The van der Waals surface area contributed by atoms with E-state index in [1.165, 1.54) is 11.8 Å². The Hall–Kier alpha value is -2.02. The molecule has 0 radical (unpaired) electrons. The van der Waals surface area contributed by atoms with Gasteiger partial charge < -0.3 is 14.0 Å². The number of ether oxygens (including phenoxy) is 2. The molecule has 24 heavy (non-hydrogen) atoms. The van der Waals surface area contributed by atoms with Crippen molar-refractivity contribution in [2.75, 3.05) is 12.9 Å². The summed E-state index contributed by atoms with van der Waals surface area (Å²) >= 11 is 1.32. The van der Waals surface area contributed by atoms with E-state index in [-0.39, 0.29) is 11.7 Å². The topological polar surface area (TPSA) is 66.2 Å². The monoisotopic (exact) mass is 349 g/mol. The average molecular weight is 349 g/mol. The van der Waals surface area contributed by atoms with Crippen molar-refractivity contribution in [1.29, 1.82) is 0 Å². The second-order valence-electron chi connectivity index (χ2n) is 6.13. The van der Waals surface area contributed by atoms with Gasteiger partial charge in [0.05, 0.1) is 18.4 Å². The van der Waals surface area contributed by atoms with E-state index in [4.69, 9.17) is 9.47 Å². The third-order valence-electron chi connectivity index (χ3n) is 3.12. The molecule has 0 aliphatic rings. The molecular formula is C17H23N3O3S. The number of carbonyl (C=O) groups is 1. The molecule has 0 saturated heterocycles. The van der Waals surface area contributed by atoms with Gasteiger partial charge in [0.1, 0.15) is 11.4 Å². The first-order chi connectivity index (χ1) is 11.4. The highest BCUT2D eigenvalue weighted by atomic mass is 32.2. The van der Waals surface area contributed by atoms with Gasteiger partial charge in [-0.1, -0.05) is 23.9 Å². The quantitative estimate of drug-likeness (QED) is 0.588. The number of rotatable bonds is 6. The molecule has 7 heteroatoms. The molecule has 0 unspecified atom stereocenters. The highest BCUT2D eigenvalue weighted by molar-refractivity contribution is 7.99. The van der Waals surface area contributed by atoms with Crippen molar-refractivity contribution < 1.29 is 14.3 Å². The van der Waals surface area contributed by atoms with Crippen LogP contribution in [0.5, 0.6) is 5.75 Å². The van der Waals surface area contributed by atoms with E-state index in [1.807, 2.05) is 56.5 Å². The van der Waals surface area contributed by atoms with E-state index < -0.39 is 5.60 Å². The third-order valence-corrected chi connectivity index (χ3v) is 4.06. The van der Waals surface area contributed by atoms with Crippen molar-refractivity contribution in [3.8, 4) is 17.1 Å². The number of nitrogens with zero attached hydrogens (tertiary/aromatic N) is 3. The van der Waals surface area contributed by atoms with Crippen LogP contribution in [0.4, 0.5) is 0 Å². The Labute approximate surface area is 146 Å². The van der Waals surface area contributed by atoms with E-state index in [2.05, 4.69) is 10.2 Å². The van der Waals surface area contributed by atoms with Crippen LogP contribution in [0, 0.1) is 0 Å². The van der Waals surface area contributed by atoms with E-state index in [9.17, 15) is 4.79 Å². The maximum atomic E-state index is 11.9. The zero-order valence-corrected chi connectivity index (χ0v) is 15.5. The molecule has 1 aromatic carbocycles. The molecule has 2 rings (SSSR count). The van der Waals surface area contributed by atoms with Crippen LogP contribution in [0.1, 0.15) is 27.7 Å². The molecule has 0 bridgehead atoms. The molecule has 1 aromatic heterocycles. The van der Waals surface area contributed by atoms with E-state index >= 15 is 0 Å². The Morgan fingerprint density at radius 1 is 1.25 bits per heavy atom. The lowest BCUT2D eigenvalue weighted by Gasteiger charge is -2.19. The average Bonchev–Trinajstić information content (AvgIpc) is 2.94. The Morgan fingerprint density at radius 2 is 1.96 bits per heavy atom. The van der Waals surface area contributed by atoms with Gasteiger partial charge >= 0.3 is 5.97 Å². The summed E-state index contributed by atoms with van der Waals surface area (Å²) in [6.07, 6.45) is 0. The zero-order chi connectivity index (χ0) is 17.7. The van der Waals surface area contributed by atoms with Crippen LogP contribution in [-0.4, -0.2) is 39.2 Å². The van der Waals surface area contributed by atoms with Crippen molar-refractivity contribution in [1.82, 2.24) is 14.8 Å². The lowest BCUT2D eigenvalue weighted by molar-refractivity contribution is -0.151. The lowest BCUT2D eigenvalue weighted by atomic mass is 10.2. The second kappa shape index (κ2) is 7.70. The molecule has 0 atom stereocenters. The van der Waals surface area contributed by atoms with Crippen LogP contribution in [0.15, 0.2) is 29.4 Å². The number of hydrogen-bond donors (Lipinski definition) is 0. The fourth-order valence-corrected chi connectivity index (χ4v) is 2.98. The fourth-order valence-electron chi connectivity index (χ4n) is 2.20. The molecule has 0 amide bonds. The first kappa shape index (κ1) is 18.3. The molecule has 0 spiro atoms. The van der Waals surface area contributed by atoms with Gasteiger partial charge in [0.25, 0.3) is 0 Å². The van der Waals surface area contributed by atoms with E-state index in [1.54, 1.807) is 7.11 Å². The van der Waals surface area contributed by atoms with Crippen LogP contribution >= 0.6 is 11.8 Å². The molecule has 0 aliphatic carbocycles. The number of para-hydroxylation sites is 1. The largest absolute Gasteiger partial charge is 0.496 e.